The van der Waals surface area contributed by atoms with Crippen molar-refractivity contribution in [2.45, 2.75) is 11.3 Å². The normalized spacial score (nSPS) is 11.2. The number of rotatable bonds is 6. The number of primary sulfonamides is 1. The molecule has 5 aromatic rings. The zero-order valence-corrected chi connectivity index (χ0v) is 22.3. The van der Waals surface area contributed by atoms with E-state index in [1.807, 2.05) is 6.07 Å². The van der Waals surface area contributed by atoms with Crippen molar-refractivity contribution in [3.8, 4) is 17.5 Å². The van der Waals surface area contributed by atoms with E-state index in [0.29, 0.717) is 28.4 Å². The van der Waals surface area contributed by atoms with Crippen LogP contribution in [0.1, 0.15) is 17.1 Å². The summed E-state index contributed by atoms with van der Waals surface area (Å²) in [7, 11) is -4.01. The molecule has 0 atom stereocenters. The Bertz CT molecular complexity index is 1970. The Morgan fingerprint density at radius 3 is 2.60 bits per heavy atom. The molecule has 5 N–H and O–H groups in total. The minimum absolute atomic E-state index is 0.146. The van der Waals surface area contributed by atoms with Crippen LogP contribution in [0.15, 0.2) is 82.9 Å². The monoisotopic (exact) mass is 572 g/mol. The molecule has 11 nitrogen and oxygen atoms in total. The molecule has 0 amide bonds. The number of fused-ring (bicyclic) bond motifs is 1. The summed E-state index contributed by atoms with van der Waals surface area (Å²) in [5, 5.41) is 8.94. The third-order valence-corrected chi connectivity index (χ3v) is 7.04. The number of nitrogens with one attached hydrogen (secondary N) is 1. The van der Waals surface area contributed by atoms with Crippen LogP contribution in [0.4, 0.5) is 11.6 Å². The molecule has 0 saturated carbocycles. The van der Waals surface area contributed by atoms with E-state index < -0.39 is 15.6 Å². The molecular formula is C27H21ClN8O3S. The number of nitrogens with zero attached hydrogens (tertiary/aromatic N) is 5. The van der Waals surface area contributed by atoms with E-state index in [4.69, 9.17) is 22.5 Å². The highest BCUT2D eigenvalue weighted by Crippen LogP contribution is 2.22. The molecule has 0 aliphatic carbocycles. The highest BCUT2D eigenvalue weighted by atomic mass is 35.5. The third-order valence-electron chi connectivity index (χ3n) is 5.82. The van der Waals surface area contributed by atoms with Crippen LogP contribution in [0.5, 0.6) is 0 Å². The molecule has 0 fully saturated rings. The summed E-state index contributed by atoms with van der Waals surface area (Å²) in [5.41, 5.74) is 7.24. The number of aromatic nitrogens is 5. The van der Waals surface area contributed by atoms with E-state index in [9.17, 15) is 13.2 Å². The quantitative estimate of drug-likeness (QED) is 0.258. The van der Waals surface area contributed by atoms with Crippen molar-refractivity contribution in [2.24, 2.45) is 5.14 Å². The number of pyridine rings is 1. The largest absolute Gasteiger partial charge is 0.382 e. The summed E-state index contributed by atoms with van der Waals surface area (Å²) in [6.45, 7) is 0.266. The van der Waals surface area contributed by atoms with Gasteiger partial charge >= 0.3 is 0 Å². The third kappa shape index (κ3) is 5.62. The molecular weight excluding hydrogens is 552 g/mol. The second kappa shape index (κ2) is 11.1. The molecule has 5 rings (SSSR count). The predicted molar refractivity (Wildman–Crippen MR) is 153 cm³/mol. The standard InChI is InChI=1S/C27H21ClN8O3S/c28-21-8-4-9-22-24(21)27(37)36(18-6-3-7-19(15-18)40(30,38)39)23(35-22)12-14-32-26-20(25(29)33-16-34-26)11-10-17-5-1-2-13-31-17/h1-9,13,15-16H,12,14H2,(H2,30,38,39)(H3,29,32,33,34). The Balaban J connectivity index is 1.52. The highest BCUT2D eigenvalue weighted by molar-refractivity contribution is 7.89. The first-order valence-corrected chi connectivity index (χ1v) is 13.8. The molecule has 0 unspecified atom stereocenters. The zero-order valence-electron chi connectivity index (χ0n) is 20.7. The minimum Gasteiger partial charge on any atom is -0.382 e. The molecule has 200 valence electrons. The number of nitrogens with two attached hydrogens (primary N) is 2. The first-order valence-electron chi connectivity index (χ1n) is 11.8. The fraction of sp³-hybridized carbons (Fsp3) is 0.0741. The van der Waals surface area contributed by atoms with Crippen LogP contribution in [-0.2, 0) is 16.4 Å². The lowest BCUT2D eigenvalue weighted by atomic mass is 10.2. The van der Waals surface area contributed by atoms with Crippen molar-refractivity contribution in [3.05, 3.63) is 106 Å². The fourth-order valence-electron chi connectivity index (χ4n) is 3.98. The van der Waals surface area contributed by atoms with Gasteiger partial charge in [-0.2, -0.15) is 0 Å². The maximum atomic E-state index is 13.7. The maximum Gasteiger partial charge on any atom is 0.267 e. The van der Waals surface area contributed by atoms with Crippen LogP contribution in [0.2, 0.25) is 5.02 Å². The van der Waals surface area contributed by atoms with Gasteiger partial charge in [-0.3, -0.25) is 9.36 Å². The second-order valence-electron chi connectivity index (χ2n) is 8.47. The van der Waals surface area contributed by atoms with E-state index in [1.165, 1.54) is 29.1 Å². The molecule has 40 heavy (non-hydrogen) atoms. The van der Waals surface area contributed by atoms with Crippen molar-refractivity contribution in [1.29, 1.82) is 0 Å². The summed E-state index contributed by atoms with van der Waals surface area (Å²) >= 11 is 6.34. The molecule has 0 aliphatic rings. The number of anilines is 2. The van der Waals surface area contributed by atoms with Crippen molar-refractivity contribution < 1.29 is 8.42 Å². The lowest BCUT2D eigenvalue weighted by Crippen LogP contribution is -2.26. The van der Waals surface area contributed by atoms with Gasteiger partial charge in [-0.25, -0.2) is 33.5 Å². The van der Waals surface area contributed by atoms with E-state index in [-0.39, 0.29) is 39.8 Å². The number of hydrogen-bond donors (Lipinski definition) is 3. The maximum absolute atomic E-state index is 13.7. The van der Waals surface area contributed by atoms with Gasteiger partial charge in [-0.05, 0) is 48.4 Å². The molecule has 0 spiro atoms. The summed E-state index contributed by atoms with van der Waals surface area (Å²) in [4.78, 5) is 30.7. The van der Waals surface area contributed by atoms with Gasteiger partial charge in [0, 0.05) is 19.2 Å². The topological polar surface area (TPSA) is 172 Å². The van der Waals surface area contributed by atoms with Crippen LogP contribution in [-0.4, -0.2) is 39.5 Å². The minimum atomic E-state index is -4.01. The summed E-state index contributed by atoms with van der Waals surface area (Å²) < 4.78 is 25.3. The van der Waals surface area contributed by atoms with Gasteiger partial charge in [-0.15, -0.1) is 0 Å². The van der Waals surface area contributed by atoms with E-state index in [2.05, 4.69) is 37.1 Å². The second-order valence-corrected chi connectivity index (χ2v) is 10.4. The molecule has 0 radical (unpaired) electrons. The summed E-state index contributed by atoms with van der Waals surface area (Å²) in [6, 6.07) is 16.1. The fourth-order valence-corrected chi connectivity index (χ4v) is 4.79. The zero-order chi connectivity index (χ0) is 28.3. The van der Waals surface area contributed by atoms with E-state index in [0.717, 1.165) is 0 Å². The number of hydrogen-bond acceptors (Lipinski definition) is 9. The van der Waals surface area contributed by atoms with Crippen LogP contribution in [0.3, 0.4) is 0 Å². The summed E-state index contributed by atoms with van der Waals surface area (Å²) in [5.74, 6) is 6.84. The lowest BCUT2D eigenvalue weighted by molar-refractivity contribution is 0.597. The average Bonchev–Trinajstić information content (AvgIpc) is 2.93. The molecule has 0 bridgehead atoms. The van der Waals surface area contributed by atoms with Crippen molar-refractivity contribution in [2.75, 3.05) is 17.6 Å². The molecule has 3 heterocycles. The number of halogens is 1. The molecule has 2 aromatic carbocycles. The summed E-state index contributed by atoms with van der Waals surface area (Å²) in [6.07, 6.45) is 3.18. The van der Waals surface area contributed by atoms with Gasteiger partial charge < -0.3 is 11.1 Å². The molecule has 13 heteroatoms. The van der Waals surface area contributed by atoms with Crippen molar-refractivity contribution in [3.63, 3.8) is 0 Å². The first-order chi connectivity index (χ1) is 19.2. The SMILES string of the molecule is Nc1ncnc(NCCc2nc3cccc(Cl)c3c(=O)n2-c2cccc(S(N)(=O)=O)c2)c1C#Cc1ccccn1. The lowest BCUT2D eigenvalue weighted by Gasteiger charge is -2.15. The Morgan fingerprint density at radius 2 is 1.82 bits per heavy atom. The van der Waals surface area contributed by atoms with Gasteiger partial charge in [0.1, 0.15) is 35.0 Å². The highest BCUT2D eigenvalue weighted by Gasteiger charge is 2.17. The Morgan fingerprint density at radius 1 is 1.00 bits per heavy atom. The van der Waals surface area contributed by atoms with Crippen LogP contribution < -0.4 is 21.7 Å². The van der Waals surface area contributed by atoms with Crippen LogP contribution in [0, 0.1) is 11.8 Å². The molecule has 0 saturated heterocycles. The predicted octanol–water partition coefficient (Wildman–Crippen LogP) is 2.51. The average molecular weight is 573 g/mol. The van der Waals surface area contributed by atoms with Crippen molar-refractivity contribution in [1.82, 2.24) is 24.5 Å². The first kappa shape index (κ1) is 26.8. The smallest absolute Gasteiger partial charge is 0.267 e. The van der Waals surface area contributed by atoms with Gasteiger partial charge in [0.2, 0.25) is 10.0 Å². The van der Waals surface area contributed by atoms with Crippen molar-refractivity contribution >= 4 is 44.2 Å². The Kier molecular flexibility index (Phi) is 7.43. The Labute approximate surface area is 234 Å². The van der Waals surface area contributed by atoms with Crippen LogP contribution in [0.25, 0.3) is 16.6 Å². The van der Waals surface area contributed by atoms with Gasteiger partial charge in [0.05, 0.1) is 26.5 Å². The van der Waals surface area contributed by atoms with Gasteiger partial charge in [0.25, 0.3) is 5.56 Å². The van der Waals surface area contributed by atoms with Gasteiger partial charge in [0.15, 0.2) is 0 Å². The molecule has 3 aromatic heterocycles. The Hall–Kier alpha value is -4.83. The van der Waals surface area contributed by atoms with E-state index in [1.54, 1.807) is 42.6 Å². The number of sulfonamides is 1. The number of nitrogen functional groups attached to an aromatic ring is 1. The number of benzene rings is 2. The van der Waals surface area contributed by atoms with Crippen LogP contribution >= 0.6 is 11.6 Å². The molecule has 0 aliphatic heterocycles. The van der Waals surface area contributed by atoms with Gasteiger partial charge in [-0.1, -0.05) is 35.7 Å². The van der Waals surface area contributed by atoms with E-state index >= 15 is 0 Å².